The highest BCUT2D eigenvalue weighted by molar-refractivity contribution is 7.46. The summed E-state index contributed by atoms with van der Waals surface area (Å²) in [6.45, 7) is 8.48. The first kappa shape index (κ1) is 17.7. The highest BCUT2D eigenvalue weighted by atomic mass is 31.2. The molecule has 0 aliphatic rings. The zero-order valence-corrected chi connectivity index (χ0v) is 13.7. The van der Waals surface area contributed by atoms with E-state index in [1.54, 1.807) is 52.8 Å². The van der Waals surface area contributed by atoms with Crippen LogP contribution in [0.15, 0.2) is 24.3 Å². The van der Waals surface area contributed by atoms with Crippen LogP contribution in [0.5, 0.6) is 5.75 Å². The van der Waals surface area contributed by atoms with Gasteiger partial charge in [0.2, 0.25) is 0 Å². The van der Waals surface area contributed by atoms with Crippen LogP contribution in [0, 0.1) is 0 Å². The van der Waals surface area contributed by atoms with Crippen molar-refractivity contribution in [3.63, 3.8) is 0 Å². The molecule has 2 N–H and O–H groups in total. The van der Waals surface area contributed by atoms with Crippen molar-refractivity contribution in [1.29, 1.82) is 0 Å². The number of rotatable bonds is 4. The van der Waals surface area contributed by atoms with Gasteiger partial charge in [0.05, 0.1) is 5.41 Å². The van der Waals surface area contributed by atoms with Gasteiger partial charge in [-0.15, -0.1) is 0 Å². The third-order valence-corrected chi connectivity index (χ3v) is 3.12. The second-order valence-electron chi connectivity index (χ2n) is 6.20. The first-order chi connectivity index (χ1) is 9.33. The first-order valence-electron chi connectivity index (χ1n) is 6.41. The number of benzene rings is 1. The molecular weight excluding hydrogens is 295 g/mol. The molecule has 0 saturated heterocycles. The standard InChI is InChI=1S/C14H21O6P/c1-13(2,3)19-12(15)14(4,5)10-8-6-7-9-11(10)20-21(16,17)18/h6-9H,1-5H3,(H2,16,17,18). The zero-order chi connectivity index (χ0) is 16.5. The maximum atomic E-state index is 12.3. The Morgan fingerprint density at radius 2 is 1.62 bits per heavy atom. The molecule has 0 aromatic heterocycles. The van der Waals surface area contributed by atoms with Crippen molar-refractivity contribution in [3.8, 4) is 5.75 Å². The minimum atomic E-state index is -4.71. The number of para-hydroxylation sites is 1. The average molecular weight is 316 g/mol. The van der Waals surface area contributed by atoms with Crippen molar-refractivity contribution in [3.05, 3.63) is 29.8 Å². The van der Waals surface area contributed by atoms with Crippen LogP contribution in [-0.4, -0.2) is 21.4 Å². The number of carbonyl (C=O) groups excluding carboxylic acids is 1. The molecule has 0 fully saturated rings. The molecule has 1 aromatic carbocycles. The van der Waals surface area contributed by atoms with Gasteiger partial charge in [-0.25, -0.2) is 4.57 Å². The summed E-state index contributed by atoms with van der Waals surface area (Å²) in [5, 5.41) is 0. The second kappa shape index (κ2) is 5.79. The molecule has 0 atom stereocenters. The summed E-state index contributed by atoms with van der Waals surface area (Å²) in [5.41, 5.74) is -1.42. The van der Waals surface area contributed by atoms with Gasteiger partial charge < -0.3 is 9.26 Å². The number of phosphoric acid groups is 1. The Morgan fingerprint density at radius 1 is 1.10 bits per heavy atom. The maximum absolute atomic E-state index is 12.3. The fourth-order valence-electron chi connectivity index (χ4n) is 1.71. The Labute approximate surface area is 124 Å². The lowest BCUT2D eigenvalue weighted by Crippen LogP contribution is -2.37. The van der Waals surface area contributed by atoms with Crippen LogP contribution >= 0.6 is 7.82 Å². The maximum Gasteiger partial charge on any atom is 0.524 e. The third-order valence-electron chi connectivity index (χ3n) is 2.69. The molecule has 1 aromatic rings. The van der Waals surface area contributed by atoms with E-state index in [4.69, 9.17) is 14.5 Å². The Balaban J connectivity index is 3.19. The van der Waals surface area contributed by atoms with E-state index in [0.717, 1.165) is 0 Å². The van der Waals surface area contributed by atoms with E-state index < -0.39 is 24.8 Å². The van der Waals surface area contributed by atoms with Crippen LogP contribution in [0.1, 0.15) is 40.2 Å². The normalized spacial score (nSPS) is 12.9. The minimum absolute atomic E-state index is 0.0401. The highest BCUT2D eigenvalue weighted by Gasteiger charge is 2.37. The molecule has 0 spiro atoms. The number of carbonyl (C=O) groups is 1. The average Bonchev–Trinajstić information content (AvgIpc) is 2.24. The minimum Gasteiger partial charge on any atom is -0.459 e. The molecule has 0 radical (unpaired) electrons. The molecule has 0 heterocycles. The predicted molar refractivity (Wildman–Crippen MR) is 78.0 cm³/mol. The topological polar surface area (TPSA) is 93.1 Å². The van der Waals surface area contributed by atoms with Gasteiger partial charge in [-0.05, 0) is 40.7 Å². The fraction of sp³-hybridized carbons (Fsp3) is 0.500. The lowest BCUT2D eigenvalue weighted by Gasteiger charge is -2.29. The largest absolute Gasteiger partial charge is 0.524 e. The van der Waals surface area contributed by atoms with E-state index in [0.29, 0.717) is 5.56 Å². The van der Waals surface area contributed by atoms with Gasteiger partial charge in [-0.1, -0.05) is 18.2 Å². The summed E-state index contributed by atoms with van der Waals surface area (Å²) in [6, 6.07) is 6.21. The molecule has 1 rings (SSSR count). The van der Waals surface area contributed by atoms with Crippen LogP contribution in [0.25, 0.3) is 0 Å². The van der Waals surface area contributed by atoms with Gasteiger partial charge in [-0.3, -0.25) is 14.6 Å². The molecule has 6 nitrogen and oxygen atoms in total. The van der Waals surface area contributed by atoms with E-state index in [-0.39, 0.29) is 5.75 Å². The van der Waals surface area contributed by atoms with Gasteiger partial charge in [0.1, 0.15) is 11.4 Å². The van der Waals surface area contributed by atoms with E-state index in [2.05, 4.69) is 4.52 Å². The van der Waals surface area contributed by atoms with Gasteiger partial charge in [-0.2, -0.15) is 0 Å². The van der Waals surface area contributed by atoms with E-state index in [9.17, 15) is 9.36 Å². The SMILES string of the molecule is CC(C)(C)OC(=O)C(C)(C)c1ccccc1OP(=O)(O)O. The summed E-state index contributed by atoms with van der Waals surface area (Å²) in [5.74, 6) is -0.543. The first-order valence-corrected chi connectivity index (χ1v) is 7.94. The molecule has 0 amide bonds. The van der Waals surface area contributed by atoms with Crippen molar-refractivity contribution in [2.45, 2.75) is 45.6 Å². The Bertz CT molecular complexity index is 567. The molecule has 0 aliphatic heterocycles. The summed E-state index contributed by atoms with van der Waals surface area (Å²) < 4.78 is 21.0. The molecule has 0 unspecified atom stereocenters. The number of hydrogen-bond donors (Lipinski definition) is 2. The number of ether oxygens (including phenoxy) is 1. The van der Waals surface area contributed by atoms with Crippen molar-refractivity contribution in [1.82, 2.24) is 0 Å². The summed E-state index contributed by atoms with van der Waals surface area (Å²) in [4.78, 5) is 30.2. The van der Waals surface area contributed by atoms with Gasteiger partial charge in [0.25, 0.3) is 0 Å². The Kier molecular flexibility index (Phi) is 4.88. The lowest BCUT2D eigenvalue weighted by atomic mass is 9.84. The van der Waals surface area contributed by atoms with E-state index in [1.165, 1.54) is 6.07 Å². The van der Waals surface area contributed by atoms with Crippen LogP contribution in [-0.2, 0) is 19.5 Å². The smallest absolute Gasteiger partial charge is 0.459 e. The van der Waals surface area contributed by atoms with Crippen molar-refractivity contribution >= 4 is 13.8 Å². The van der Waals surface area contributed by atoms with Crippen LogP contribution in [0.4, 0.5) is 0 Å². The summed E-state index contributed by atoms with van der Waals surface area (Å²) >= 11 is 0. The zero-order valence-electron chi connectivity index (χ0n) is 12.8. The summed E-state index contributed by atoms with van der Waals surface area (Å²) in [7, 11) is -4.71. The fourth-order valence-corrected chi connectivity index (χ4v) is 2.12. The van der Waals surface area contributed by atoms with E-state index >= 15 is 0 Å². The highest BCUT2D eigenvalue weighted by Crippen LogP contribution is 2.42. The van der Waals surface area contributed by atoms with Gasteiger partial charge >= 0.3 is 13.8 Å². The van der Waals surface area contributed by atoms with Crippen molar-refractivity contribution in [2.75, 3.05) is 0 Å². The van der Waals surface area contributed by atoms with E-state index in [1.807, 2.05) is 0 Å². The number of phosphoric ester groups is 1. The predicted octanol–water partition coefficient (Wildman–Crippen LogP) is 2.78. The van der Waals surface area contributed by atoms with Crippen LogP contribution in [0.3, 0.4) is 0 Å². The third kappa shape index (κ3) is 5.16. The van der Waals surface area contributed by atoms with Crippen LogP contribution in [0.2, 0.25) is 0 Å². The Hall–Kier alpha value is -1.36. The van der Waals surface area contributed by atoms with Crippen molar-refractivity contribution in [2.24, 2.45) is 0 Å². The number of hydrogen-bond acceptors (Lipinski definition) is 4. The summed E-state index contributed by atoms with van der Waals surface area (Å²) in [6.07, 6.45) is 0. The second-order valence-corrected chi connectivity index (χ2v) is 7.37. The molecule has 0 saturated carbocycles. The quantitative estimate of drug-likeness (QED) is 0.655. The molecule has 7 heteroatoms. The van der Waals surface area contributed by atoms with Gasteiger partial charge in [0, 0.05) is 5.56 Å². The number of esters is 1. The molecule has 21 heavy (non-hydrogen) atoms. The Morgan fingerprint density at radius 3 is 2.10 bits per heavy atom. The van der Waals surface area contributed by atoms with Crippen LogP contribution < -0.4 is 4.52 Å². The van der Waals surface area contributed by atoms with Gasteiger partial charge in [0.15, 0.2) is 0 Å². The molecular formula is C14H21O6P. The van der Waals surface area contributed by atoms with Crippen molar-refractivity contribution < 1.29 is 28.4 Å². The molecule has 0 aliphatic carbocycles. The lowest BCUT2D eigenvalue weighted by molar-refractivity contribution is -0.160. The molecule has 0 bridgehead atoms. The molecule has 118 valence electrons. The monoisotopic (exact) mass is 316 g/mol.